The first-order chi connectivity index (χ1) is 16.9. The number of benzene rings is 2. The lowest BCUT2D eigenvalue weighted by Crippen LogP contribution is -2.37. The molecule has 2 aromatic carbocycles. The summed E-state index contributed by atoms with van der Waals surface area (Å²) in [4.78, 5) is 2.11. The van der Waals surface area contributed by atoms with Gasteiger partial charge >= 0.3 is 0 Å². The number of para-hydroxylation sites is 1. The largest absolute Gasteiger partial charge is 0.439 e. The summed E-state index contributed by atoms with van der Waals surface area (Å²) in [5.74, 6) is 0.753. The number of hydrogen-bond acceptors (Lipinski definition) is 6. The van der Waals surface area contributed by atoms with Crippen molar-refractivity contribution in [3.05, 3.63) is 71.7 Å². The Labute approximate surface area is 207 Å². The molecule has 1 atom stereocenters. The van der Waals surface area contributed by atoms with E-state index >= 15 is 0 Å². The lowest BCUT2D eigenvalue weighted by atomic mass is 10.1. The van der Waals surface area contributed by atoms with Crippen LogP contribution in [0, 0.1) is 5.82 Å². The minimum absolute atomic E-state index is 0.0450. The van der Waals surface area contributed by atoms with Gasteiger partial charge in [-0.15, -0.1) is 0 Å². The molecule has 0 radical (unpaired) electrons. The zero-order chi connectivity index (χ0) is 25.2. The van der Waals surface area contributed by atoms with Crippen molar-refractivity contribution in [2.45, 2.75) is 45.9 Å². The maximum Gasteiger partial charge on any atom is 0.227 e. The quantitative estimate of drug-likeness (QED) is 0.360. The van der Waals surface area contributed by atoms with Crippen LogP contribution in [0.25, 0.3) is 5.69 Å². The van der Waals surface area contributed by atoms with E-state index in [1.807, 2.05) is 51.1 Å². The fourth-order valence-corrected chi connectivity index (χ4v) is 3.72. The van der Waals surface area contributed by atoms with Crippen molar-refractivity contribution in [3.63, 3.8) is 0 Å². The Morgan fingerprint density at radius 1 is 1.09 bits per heavy atom. The van der Waals surface area contributed by atoms with Crippen molar-refractivity contribution in [2.24, 2.45) is 0 Å². The van der Waals surface area contributed by atoms with Crippen LogP contribution >= 0.6 is 0 Å². The Balaban J connectivity index is 1.96. The van der Waals surface area contributed by atoms with Crippen molar-refractivity contribution >= 4 is 0 Å². The molecule has 1 N–H and O–H groups in total. The minimum Gasteiger partial charge on any atom is -0.439 e. The van der Waals surface area contributed by atoms with Gasteiger partial charge in [0, 0.05) is 26.7 Å². The summed E-state index contributed by atoms with van der Waals surface area (Å²) in [5, 5.41) is 15.4. The number of hydrogen-bond donors (Lipinski definition) is 1. The van der Waals surface area contributed by atoms with Crippen LogP contribution in [-0.2, 0) is 22.4 Å². The second-order valence-corrected chi connectivity index (χ2v) is 8.65. The molecule has 1 aromatic heterocycles. The highest BCUT2D eigenvalue weighted by atomic mass is 19.1. The fourth-order valence-electron chi connectivity index (χ4n) is 3.72. The van der Waals surface area contributed by atoms with Crippen LogP contribution in [0.5, 0.6) is 11.6 Å². The zero-order valence-corrected chi connectivity index (χ0v) is 21.0. The molecule has 7 nitrogen and oxygen atoms in total. The third-order valence-electron chi connectivity index (χ3n) is 5.47. The summed E-state index contributed by atoms with van der Waals surface area (Å²) in [7, 11) is 1.66. The highest BCUT2D eigenvalue weighted by molar-refractivity contribution is 5.43. The van der Waals surface area contributed by atoms with Crippen molar-refractivity contribution in [1.29, 1.82) is 0 Å². The predicted molar refractivity (Wildman–Crippen MR) is 134 cm³/mol. The van der Waals surface area contributed by atoms with Crippen LogP contribution in [0.15, 0.2) is 54.6 Å². The molecule has 8 heteroatoms. The molecule has 3 rings (SSSR count). The van der Waals surface area contributed by atoms with Crippen LogP contribution in [0.3, 0.4) is 0 Å². The number of aliphatic hydroxyl groups excluding tert-OH is 1. The van der Waals surface area contributed by atoms with E-state index in [9.17, 15) is 9.50 Å². The van der Waals surface area contributed by atoms with Crippen LogP contribution in [0.2, 0.25) is 0 Å². The SMILES string of the molecule is CCc1nn(-c2ccccc2)c(Oc2ccc(F)cc2)c1CN(CCOC)C[C@@H](O)COC(C)C. The van der Waals surface area contributed by atoms with Gasteiger partial charge in [-0.25, -0.2) is 9.07 Å². The van der Waals surface area contributed by atoms with Crippen molar-refractivity contribution < 1.29 is 23.7 Å². The number of methoxy groups -OCH3 is 1. The number of aromatic nitrogens is 2. The van der Waals surface area contributed by atoms with Gasteiger partial charge in [0.2, 0.25) is 5.88 Å². The molecule has 190 valence electrons. The third kappa shape index (κ3) is 7.86. The molecule has 0 aliphatic rings. The molecule has 0 saturated heterocycles. The number of aliphatic hydroxyl groups is 1. The summed E-state index contributed by atoms with van der Waals surface area (Å²) in [6.07, 6.45) is 0.0973. The monoisotopic (exact) mass is 485 g/mol. The standard InChI is InChI=1S/C27H36FN3O4/c1-5-26-25(18-30(15-16-33-4)17-23(32)19-34-20(2)3)27(35-24-13-11-21(28)12-14-24)31(29-26)22-9-7-6-8-10-22/h6-14,20,23,32H,5,15-19H2,1-4H3/t23-/m1/s1. The molecule has 0 unspecified atom stereocenters. The lowest BCUT2D eigenvalue weighted by molar-refractivity contribution is -0.0122. The van der Waals surface area contributed by atoms with Gasteiger partial charge in [-0.3, -0.25) is 4.90 Å². The van der Waals surface area contributed by atoms with Crippen LogP contribution in [0.1, 0.15) is 32.0 Å². The summed E-state index contributed by atoms with van der Waals surface area (Å²) < 4.78 is 32.5. The highest BCUT2D eigenvalue weighted by Gasteiger charge is 2.24. The van der Waals surface area contributed by atoms with E-state index in [-0.39, 0.29) is 18.5 Å². The van der Waals surface area contributed by atoms with E-state index in [1.165, 1.54) is 12.1 Å². The number of rotatable bonds is 14. The van der Waals surface area contributed by atoms with Gasteiger partial charge in [-0.2, -0.15) is 5.10 Å². The number of ether oxygens (including phenoxy) is 3. The Kier molecular flexibility index (Phi) is 10.2. The fraction of sp³-hybridized carbons (Fsp3) is 0.444. The summed E-state index contributed by atoms with van der Waals surface area (Å²) >= 11 is 0. The maximum absolute atomic E-state index is 13.5. The lowest BCUT2D eigenvalue weighted by Gasteiger charge is -2.25. The first kappa shape index (κ1) is 26.8. The molecule has 1 heterocycles. The van der Waals surface area contributed by atoms with Gasteiger partial charge in [0.25, 0.3) is 0 Å². The van der Waals surface area contributed by atoms with Gasteiger partial charge in [-0.05, 0) is 56.7 Å². The van der Waals surface area contributed by atoms with E-state index in [2.05, 4.69) is 4.90 Å². The van der Waals surface area contributed by atoms with Gasteiger partial charge in [-0.1, -0.05) is 25.1 Å². The van der Waals surface area contributed by atoms with Crippen LogP contribution < -0.4 is 4.74 Å². The number of halogens is 1. The molecular weight excluding hydrogens is 449 g/mol. The van der Waals surface area contributed by atoms with Crippen LogP contribution in [0.4, 0.5) is 4.39 Å². The Morgan fingerprint density at radius 2 is 1.80 bits per heavy atom. The van der Waals surface area contributed by atoms with Gasteiger partial charge in [0.1, 0.15) is 11.6 Å². The third-order valence-corrected chi connectivity index (χ3v) is 5.47. The topological polar surface area (TPSA) is 69.0 Å². The van der Waals surface area contributed by atoms with E-state index in [0.717, 1.165) is 16.9 Å². The number of nitrogens with zero attached hydrogens (tertiary/aromatic N) is 3. The van der Waals surface area contributed by atoms with E-state index in [4.69, 9.17) is 19.3 Å². The van der Waals surface area contributed by atoms with Crippen LogP contribution in [-0.4, -0.2) is 65.4 Å². The van der Waals surface area contributed by atoms with Gasteiger partial charge < -0.3 is 19.3 Å². The van der Waals surface area contributed by atoms with E-state index < -0.39 is 6.10 Å². The smallest absolute Gasteiger partial charge is 0.227 e. The molecule has 3 aromatic rings. The molecule has 0 aliphatic heterocycles. The second kappa shape index (κ2) is 13.3. The van der Waals surface area contributed by atoms with Gasteiger partial charge in [0.05, 0.1) is 42.4 Å². The molecule has 0 bridgehead atoms. The molecule has 35 heavy (non-hydrogen) atoms. The summed E-state index contributed by atoms with van der Waals surface area (Å²) in [6.45, 7) is 8.23. The Bertz CT molecular complexity index is 1020. The zero-order valence-electron chi connectivity index (χ0n) is 21.0. The van der Waals surface area contributed by atoms with E-state index in [0.29, 0.717) is 44.3 Å². The van der Waals surface area contributed by atoms with E-state index in [1.54, 1.807) is 23.9 Å². The van der Waals surface area contributed by atoms with Crippen molar-refractivity contribution in [1.82, 2.24) is 14.7 Å². The van der Waals surface area contributed by atoms with Crippen molar-refractivity contribution in [2.75, 3.05) is 33.4 Å². The van der Waals surface area contributed by atoms with Crippen molar-refractivity contribution in [3.8, 4) is 17.3 Å². The minimum atomic E-state index is -0.648. The molecule has 0 aliphatic carbocycles. The molecule has 0 fully saturated rings. The Morgan fingerprint density at radius 3 is 2.43 bits per heavy atom. The average Bonchev–Trinajstić information content (AvgIpc) is 3.20. The highest BCUT2D eigenvalue weighted by Crippen LogP contribution is 2.32. The first-order valence-corrected chi connectivity index (χ1v) is 12.0. The number of aryl methyl sites for hydroxylation is 1. The summed E-state index contributed by atoms with van der Waals surface area (Å²) in [5.41, 5.74) is 2.66. The molecule has 0 spiro atoms. The molecular formula is C27H36FN3O4. The first-order valence-electron chi connectivity index (χ1n) is 12.0. The molecule has 0 amide bonds. The predicted octanol–water partition coefficient (Wildman–Crippen LogP) is 4.60. The maximum atomic E-state index is 13.5. The summed E-state index contributed by atoms with van der Waals surface area (Å²) in [6, 6.07) is 15.7. The second-order valence-electron chi connectivity index (χ2n) is 8.65. The molecule has 0 saturated carbocycles. The normalized spacial score (nSPS) is 12.5. The van der Waals surface area contributed by atoms with Gasteiger partial charge in [0.15, 0.2) is 0 Å². The average molecular weight is 486 g/mol. The Hall–Kier alpha value is -2.78.